The summed E-state index contributed by atoms with van der Waals surface area (Å²) >= 11 is 12.0. The minimum Gasteiger partial charge on any atom is -0.396 e. The Kier molecular flexibility index (Phi) is 3.79. The molecule has 6 nitrogen and oxygen atoms in total. The van der Waals surface area contributed by atoms with Crippen LogP contribution in [0.3, 0.4) is 0 Å². The lowest BCUT2D eigenvalue weighted by molar-refractivity contribution is 0.0497. The van der Waals surface area contributed by atoms with Gasteiger partial charge in [0.05, 0.1) is 16.4 Å². The fourth-order valence-corrected chi connectivity index (χ4v) is 2.49. The van der Waals surface area contributed by atoms with Crippen LogP contribution >= 0.6 is 23.2 Å². The predicted octanol–water partition coefficient (Wildman–Crippen LogP) is 1.60. The monoisotopic (exact) mass is 290 g/mol. The number of nitrogens with two attached hydrogens (primary N) is 2. The number of anilines is 2. The molecule has 0 bridgehead atoms. The van der Waals surface area contributed by atoms with Crippen LogP contribution in [-0.4, -0.2) is 24.0 Å². The molecule has 1 fully saturated rings. The molecule has 1 aliphatic heterocycles. The molecule has 0 atom stereocenters. The molecule has 0 aromatic carbocycles. The third-order valence-electron chi connectivity index (χ3n) is 2.83. The van der Waals surface area contributed by atoms with Gasteiger partial charge in [0.2, 0.25) is 0 Å². The van der Waals surface area contributed by atoms with Crippen LogP contribution in [0.2, 0.25) is 10.2 Å². The Morgan fingerprint density at radius 3 is 2.50 bits per heavy atom. The van der Waals surface area contributed by atoms with Gasteiger partial charge in [-0.25, -0.2) is 9.78 Å². The summed E-state index contributed by atoms with van der Waals surface area (Å²) in [7, 11) is 0. The summed E-state index contributed by atoms with van der Waals surface area (Å²) in [6, 6.07) is 0. The Balaban J connectivity index is 2.50. The molecule has 8 heteroatoms. The largest absolute Gasteiger partial charge is 0.396 e. The molecule has 98 valence electrons. The molecule has 0 amide bonds. The second-order valence-corrected chi connectivity index (χ2v) is 4.66. The Hall–Kier alpha value is -1.24. The van der Waals surface area contributed by atoms with E-state index in [1.54, 1.807) is 0 Å². The Morgan fingerprint density at radius 1 is 1.33 bits per heavy atom. The zero-order valence-corrected chi connectivity index (χ0v) is 11.0. The van der Waals surface area contributed by atoms with E-state index in [9.17, 15) is 4.79 Å². The van der Waals surface area contributed by atoms with E-state index in [1.165, 1.54) is 0 Å². The van der Waals surface area contributed by atoms with Gasteiger partial charge in [0.1, 0.15) is 0 Å². The van der Waals surface area contributed by atoms with Crippen LogP contribution in [0.4, 0.5) is 11.4 Å². The minimum atomic E-state index is -0.874. The molecule has 2 heterocycles. The van der Waals surface area contributed by atoms with E-state index in [1.807, 2.05) is 4.90 Å². The second-order valence-electron chi connectivity index (χ2n) is 3.93. The van der Waals surface area contributed by atoms with Crippen molar-refractivity contribution < 1.29 is 9.63 Å². The van der Waals surface area contributed by atoms with Gasteiger partial charge in [-0.05, 0) is 12.8 Å². The van der Waals surface area contributed by atoms with Gasteiger partial charge in [0.15, 0.2) is 10.8 Å². The molecule has 4 N–H and O–H groups in total. The van der Waals surface area contributed by atoms with Crippen LogP contribution in [0.1, 0.15) is 23.3 Å². The minimum absolute atomic E-state index is 0.0109. The van der Waals surface area contributed by atoms with Gasteiger partial charge >= 0.3 is 5.97 Å². The quantitative estimate of drug-likeness (QED) is 0.635. The number of pyridine rings is 1. The van der Waals surface area contributed by atoms with E-state index in [0.717, 1.165) is 25.9 Å². The fraction of sp³-hybridized carbons (Fsp3) is 0.400. The van der Waals surface area contributed by atoms with Crippen molar-refractivity contribution in [2.75, 3.05) is 23.7 Å². The Morgan fingerprint density at radius 2 is 1.94 bits per heavy atom. The topological polar surface area (TPSA) is 94.5 Å². The smallest absolute Gasteiger partial charge is 0.377 e. The summed E-state index contributed by atoms with van der Waals surface area (Å²) in [4.78, 5) is 21.3. The van der Waals surface area contributed by atoms with Crippen molar-refractivity contribution in [2.45, 2.75) is 12.8 Å². The van der Waals surface area contributed by atoms with Crippen LogP contribution in [-0.2, 0) is 4.84 Å². The lowest BCUT2D eigenvalue weighted by Crippen LogP contribution is -2.22. The average Bonchev–Trinajstić information content (AvgIpc) is 2.86. The third kappa shape index (κ3) is 2.19. The van der Waals surface area contributed by atoms with Crippen LogP contribution < -0.4 is 16.5 Å². The zero-order chi connectivity index (χ0) is 13.3. The number of nitrogens with zero attached hydrogens (tertiary/aromatic N) is 2. The third-order valence-corrected chi connectivity index (χ3v) is 3.47. The SMILES string of the molecule is NOC(=O)c1nc(Cl)c(N2CCCC2)c(N)c1Cl. The first-order valence-electron chi connectivity index (χ1n) is 5.36. The second kappa shape index (κ2) is 5.17. The highest BCUT2D eigenvalue weighted by molar-refractivity contribution is 6.39. The van der Waals surface area contributed by atoms with E-state index >= 15 is 0 Å². The van der Waals surface area contributed by atoms with Gasteiger partial charge in [-0.1, -0.05) is 23.2 Å². The number of hydrogen-bond acceptors (Lipinski definition) is 6. The maximum Gasteiger partial charge on any atom is 0.377 e. The Bertz CT molecular complexity index is 489. The number of hydrogen-bond donors (Lipinski definition) is 2. The van der Waals surface area contributed by atoms with E-state index in [4.69, 9.17) is 34.8 Å². The van der Waals surface area contributed by atoms with E-state index in [0.29, 0.717) is 5.69 Å². The van der Waals surface area contributed by atoms with Crippen LogP contribution in [0, 0.1) is 0 Å². The average molecular weight is 291 g/mol. The molecule has 1 aromatic rings. The van der Waals surface area contributed by atoms with Crippen molar-refractivity contribution in [3.05, 3.63) is 15.9 Å². The first-order chi connectivity index (χ1) is 8.56. The molecule has 0 spiro atoms. The predicted molar refractivity (Wildman–Crippen MR) is 69.7 cm³/mol. The lowest BCUT2D eigenvalue weighted by Gasteiger charge is -2.21. The van der Waals surface area contributed by atoms with Crippen molar-refractivity contribution in [1.82, 2.24) is 4.98 Å². The van der Waals surface area contributed by atoms with E-state index in [-0.39, 0.29) is 21.6 Å². The molecule has 0 saturated carbocycles. The first kappa shape index (κ1) is 13.2. The van der Waals surface area contributed by atoms with Gasteiger partial charge in [-0.2, -0.15) is 5.90 Å². The summed E-state index contributed by atoms with van der Waals surface area (Å²) in [5.74, 6) is 3.92. The number of rotatable bonds is 2. The molecule has 18 heavy (non-hydrogen) atoms. The lowest BCUT2D eigenvalue weighted by atomic mass is 10.2. The molecule has 1 aromatic heterocycles. The zero-order valence-electron chi connectivity index (χ0n) is 9.45. The maximum atomic E-state index is 11.3. The van der Waals surface area contributed by atoms with Crippen LogP contribution in [0.15, 0.2) is 0 Å². The number of aromatic nitrogens is 1. The number of halogens is 2. The molecule has 0 radical (unpaired) electrons. The highest BCUT2D eigenvalue weighted by Gasteiger charge is 2.25. The van der Waals surface area contributed by atoms with Gasteiger partial charge < -0.3 is 15.5 Å². The number of carbonyl (C=O) groups is 1. The van der Waals surface area contributed by atoms with E-state index in [2.05, 4.69) is 9.82 Å². The summed E-state index contributed by atoms with van der Waals surface area (Å²) in [6.07, 6.45) is 2.11. The number of carbonyl (C=O) groups excluding carboxylic acids is 1. The van der Waals surface area contributed by atoms with Crippen molar-refractivity contribution in [3.63, 3.8) is 0 Å². The highest BCUT2D eigenvalue weighted by atomic mass is 35.5. The normalized spacial score (nSPS) is 14.9. The summed E-state index contributed by atoms with van der Waals surface area (Å²) < 4.78 is 0. The van der Waals surface area contributed by atoms with Crippen molar-refractivity contribution in [2.24, 2.45) is 5.90 Å². The molecule has 0 aliphatic carbocycles. The van der Waals surface area contributed by atoms with Gasteiger partial charge in [-0.3, -0.25) is 0 Å². The summed E-state index contributed by atoms with van der Waals surface area (Å²) in [6.45, 7) is 1.67. The van der Waals surface area contributed by atoms with E-state index < -0.39 is 5.97 Å². The highest BCUT2D eigenvalue weighted by Crippen LogP contribution is 2.39. The molecule has 2 rings (SSSR count). The summed E-state index contributed by atoms with van der Waals surface area (Å²) in [5, 5.41) is 0.135. The number of nitrogen functional groups attached to an aromatic ring is 1. The molecule has 0 unspecified atom stereocenters. The fourth-order valence-electron chi connectivity index (χ4n) is 1.98. The molecule has 1 saturated heterocycles. The van der Waals surface area contributed by atoms with Crippen LogP contribution in [0.5, 0.6) is 0 Å². The standard InChI is InChI=1S/C10H12Cl2N4O2/c11-5-6(13)8(16-3-1-2-4-16)9(12)15-7(5)10(17)18-14/h1-4,14H2,(H2,13,15). The molecular formula is C10H12Cl2N4O2. The Labute approximate surface area is 114 Å². The van der Waals surface area contributed by atoms with Gasteiger partial charge in [0, 0.05) is 13.1 Å². The summed E-state index contributed by atoms with van der Waals surface area (Å²) in [5.41, 5.74) is 6.52. The van der Waals surface area contributed by atoms with Crippen LogP contribution in [0.25, 0.3) is 0 Å². The van der Waals surface area contributed by atoms with Crippen molar-refractivity contribution in [1.29, 1.82) is 0 Å². The van der Waals surface area contributed by atoms with Gasteiger partial charge in [0.25, 0.3) is 0 Å². The molecule has 1 aliphatic rings. The van der Waals surface area contributed by atoms with Gasteiger partial charge in [-0.15, -0.1) is 0 Å². The van der Waals surface area contributed by atoms with Crippen molar-refractivity contribution >= 4 is 40.5 Å². The first-order valence-corrected chi connectivity index (χ1v) is 6.12. The van der Waals surface area contributed by atoms with Crippen molar-refractivity contribution in [3.8, 4) is 0 Å². The molecular weight excluding hydrogens is 279 g/mol. The maximum absolute atomic E-state index is 11.3.